The lowest BCUT2D eigenvalue weighted by molar-refractivity contribution is -0.123. The largest absolute Gasteiger partial charge is 0.468 e. The average molecular weight is 387 g/mol. The van der Waals surface area contributed by atoms with Gasteiger partial charge in [0.05, 0.1) is 12.3 Å². The molecule has 1 aromatic heterocycles. The zero-order chi connectivity index (χ0) is 20.1. The number of furan rings is 1. The minimum Gasteiger partial charge on any atom is -0.468 e. The molecule has 0 spiro atoms. The molecule has 0 aliphatic carbocycles. The van der Waals surface area contributed by atoms with E-state index in [4.69, 9.17) is 4.42 Å². The molecule has 28 heavy (non-hydrogen) atoms. The number of nitrogens with one attached hydrogen (secondary N) is 1. The Labute approximate surface area is 166 Å². The number of halogens is 1. The van der Waals surface area contributed by atoms with Crippen molar-refractivity contribution in [3.8, 4) is 0 Å². The molecular weight excluding hydrogens is 357 g/mol. The number of anilines is 1. The second-order valence-electron chi connectivity index (χ2n) is 8.57. The third-order valence-electron chi connectivity index (χ3n) is 5.00. The van der Waals surface area contributed by atoms with Crippen LogP contribution in [-0.4, -0.2) is 43.5 Å². The lowest BCUT2D eigenvalue weighted by atomic mass is 9.92. The number of piperazine rings is 1. The summed E-state index contributed by atoms with van der Waals surface area (Å²) in [7, 11) is 0. The molecule has 2 aromatic rings. The van der Waals surface area contributed by atoms with Gasteiger partial charge in [-0.3, -0.25) is 9.69 Å². The van der Waals surface area contributed by atoms with Crippen molar-refractivity contribution in [2.24, 2.45) is 5.41 Å². The van der Waals surface area contributed by atoms with Crippen molar-refractivity contribution < 1.29 is 13.6 Å². The molecule has 5 nitrogen and oxygen atoms in total. The van der Waals surface area contributed by atoms with Crippen molar-refractivity contribution in [1.82, 2.24) is 10.2 Å². The summed E-state index contributed by atoms with van der Waals surface area (Å²) in [5.74, 6) is 0.714. The molecule has 1 aromatic carbocycles. The molecule has 3 rings (SSSR count). The van der Waals surface area contributed by atoms with Gasteiger partial charge in [-0.2, -0.15) is 0 Å². The van der Waals surface area contributed by atoms with Crippen LogP contribution in [-0.2, 0) is 4.79 Å². The van der Waals surface area contributed by atoms with Crippen LogP contribution in [0.4, 0.5) is 10.1 Å². The topological polar surface area (TPSA) is 48.7 Å². The van der Waals surface area contributed by atoms with E-state index in [0.29, 0.717) is 13.0 Å². The van der Waals surface area contributed by atoms with Gasteiger partial charge in [-0.25, -0.2) is 4.39 Å². The summed E-state index contributed by atoms with van der Waals surface area (Å²) in [6.45, 7) is 10.1. The molecule has 6 heteroatoms. The van der Waals surface area contributed by atoms with Crippen molar-refractivity contribution >= 4 is 11.6 Å². The van der Waals surface area contributed by atoms with Gasteiger partial charge in [0.2, 0.25) is 5.91 Å². The first-order chi connectivity index (χ1) is 13.3. The molecule has 0 unspecified atom stereocenters. The Morgan fingerprint density at radius 1 is 1.14 bits per heavy atom. The van der Waals surface area contributed by atoms with Gasteiger partial charge in [0, 0.05) is 44.8 Å². The van der Waals surface area contributed by atoms with E-state index < -0.39 is 0 Å². The van der Waals surface area contributed by atoms with E-state index in [1.807, 2.05) is 24.3 Å². The maximum atomic E-state index is 13.2. The van der Waals surface area contributed by atoms with E-state index in [1.165, 1.54) is 12.1 Å². The van der Waals surface area contributed by atoms with Crippen LogP contribution in [0.3, 0.4) is 0 Å². The van der Waals surface area contributed by atoms with Gasteiger partial charge < -0.3 is 14.6 Å². The van der Waals surface area contributed by atoms with E-state index in [9.17, 15) is 9.18 Å². The van der Waals surface area contributed by atoms with Crippen LogP contribution < -0.4 is 10.2 Å². The maximum absolute atomic E-state index is 13.2. The molecule has 2 heterocycles. The Balaban J connectivity index is 1.60. The molecule has 1 saturated heterocycles. The van der Waals surface area contributed by atoms with E-state index in [2.05, 4.69) is 35.9 Å². The van der Waals surface area contributed by atoms with Gasteiger partial charge in [-0.15, -0.1) is 0 Å². The predicted molar refractivity (Wildman–Crippen MR) is 109 cm³/mol. The third kappa shape index (κ3) is 5.58. The number of carbonyl (C=O) groups excluding carboxylic acids is 1. The minimum absolute atomic E-state index is 0.00860. The number of rotatable bonds is 6. The van der Waals surface area contributed by atoms with Crippen molar-refractivity contribution in [2.75, 3.05) is 37.6 Å². The summed E-state index contributed by atoms with van der Waals surface area (Å²) >= 11 is 0. The smallest absolute Gasteiger partial charge is 0.220 e. The van der Waals surface area contributed by atoms with Crippen LogP contribution in [0.5, 0.6) is 0 Å². The number of nitrogens with zero attached hydrogens (tertiary/aromatic N) is 2. The zero-order valence-corrected chi connectivity index (χ0v) is 17.0. The molecule has 0 bridgehead atoms. The van der Waals surface area contributed by atoms with Gasteiger partial charge >= 0.3 is 0 Å². The maximum Gasteiger partial charge on any atom is 0.220 e. The van der Waals surface area contributed by atoms with Gasteiger partial charge in [-0.1, -0.05) is 20.8 Å². The van der Waals surface area contributed by atoms with Crippen LogP contribution in [0.2, 0.25) is 0 Å². The lowest BCUT2D eigenvalue weighted by Gasteiger charge is -2.39. The Morgan fingerprint density at radius 2 is 1.82 bits per heavy atom. The van der Waals surface area contributed by atoms with E-state index >= 15 is 0 Å². The first-order valence-corrected chi connectivity index (χ1v) is 9.86. The normalized spacial score (nSPS) is 16.8. The molecule has 1 atom stereocenters. The van der Waals surface area contributed by atoms with Crippen molar-refractivity contribution in [3.63, 3.8) is 0 Å². The highest BCUT2D eigenvalue weighted by molar-refractivity contribution is 5.76. The van der Waals surface area contributed by atoms with Gasteiger partial charge in [-0.05, 0) is 41.8 Å². The van der Waals surface area contributed by atoms with Gasteiger partial charge in [0.1, 0.15) is 11.6 Å². The molecule has 152 valence electrons. The van der Waals surface area contributed by atoms with E-state index in [-0.39, 0.29) is 23.2 Å². The van der Waals surface area contributed by atoms with E-state index in [0.717, 1.165) is 37.6 Å². The summed E-state index contributed by atoms with van der Waals surface area (Å²) in [4.78, 5) is 16.9. The Kier molecular flexibility index (Phi) is 6.39. The molecule has 1 aliphatic heterocycles. The summed E-state index contributed by atoms with van der Waals surface area (Å²) in [6.07, 6.45) is 2.17. The molecule has 1 aliphatic rings. The third-order valence-corrected chi connectivity index (χ3v) is 5.00. The van der Waals surface area contributed by atoms with Crippen molar-refractivity contribution in [1.29, 1.82) is 0 Å². The fourth-order valence-electron chi connectivity index (χ4n) is 3.59. The van der Waals surface area contributed by atoms with Crippen LogP contribution in [0, 0.1) is 11.2 Å². The van der Waals surface area contributed by atoms with Crippen LogP contribution in [0.25, 0.3) is 0 Å². The van der Waals surface area contributed by atoms with Crippen LogP contribution >= 0.6 is 0 Å². The molecule has 0 saturated carbocycles. The second-order valence-corrected chi connectivity index (χ2v) is 8.57. The van der Waals surface area contributed by atoms with E-state index in [1.54, 1.807) is 6.26 Å². The molecule has 1 fully saturated rings. The average Bonchev–Trinajstić information content (AvgIpc) is 3.16. The SMILES string of the molecule is CC(C)(C)CC(=O)NC[C@H](c1ccco1)N1CCN(c2ccc(F)cc2)CC1. The monoisotopic (exact) mass is 387 g/mol. The van der Waals surface area contributed by atoms with Crippen molar-refractivity contribution in [2.45, 2.75) is 33.2 Å². The van der Waals surface area contributed by atoms with Gasteiger partial charge in [0.25, 0.3) is 0 Å². The predicted octanol–water partition coefficient (Wildman–Crippen LogP) is 3.83. The lowest BCUT2D eigenvalue weighted by Crippen LogP contribution is -2.50. The quantitative estimate of drug-likeness (QED) is 0.818. The number of hydrogen-bond donors (Lipinski definition) is 1. The summed E-state index contributed by atoms with van der Waals surface area (Å²) in [5.41, 5.74) is 1.000. The first-order valence-electron chi connectivity index (χ1n) is 9.86. The fourth-order valence-corrected chi connectivity index (χ4v) is 3.59. The molecule has 1 N–H and O–H groups in total. The summed E-state index contributed by atoms with van der Waals surface area (Å²) < 4.78 is 18.8. The summed E-state index contributed by atoms with van der Waals surface area (Å²) in [6, 6.07) is 10.5. The standard InChI is InChI=1S/C22H30FN3O2/c1-22(2,3)15-21(27)24-16-19(20-5-4-14-28-20)26-12-10-25(11-13-26)18-8-6-17(23)7-9-18/h4-9,14,19H,10-13,15-16H2,1-3H3,(H,24,27)/t19-/m1/s1. The Hall–Kier alpha value is -2.34. The second kappa shape index (κ2) is 8.78. The van der Waals surface area contributed by atoms with Crippen LogP contribution in [0.15, 0.2) is 47.1 Å². The number of benzene rings is 1. The number of amides is 1. The first kappa shape index (κ1) is 20.4. The summed E-state index contributed by atoms with van der Waals surface area (Å²) in [5, 5.41) is 3.08. The van der Waals surface area contributed by atoms with Crippen LogP contribution in [0.1, 0.15) is 39.0 Å². The zero-order valence-electron chi connectivity index (χ0n) is 17.0. The Bertz CT molecular complexity index is 745. The highest BCUT2D eigenvalue weighted by Crippen LogP contribution is 2.25. The number of carbonyl (C=O) groups is 1. The highest BCUT2D eigenvalue weighted by Gasteiger charge is 2.28. The molecule has 1 amide bonds. The highest BCUT2D eigenvalue weighted by atomic mass is 19.1. The molecular formula is C22H30FN3O2. The molecule has 0 radical (unpaired) electrons. The Morgan fingerprint density at radius 3 is 2.39 bits per heavy atom. The van der Waals surface area contributed by atoms with Gasteiger partial charge in [0.15, 0.2) is 0 Å². The van der Waals surface area contributed by atoms with Crippen molar-refractivity contribution in [3.05, 3.63) is 54.2 Å². The minimum atomic E-state index is -0.216. The fraction of sp³-hybridized carbons (Fsp3) is 0.500. The number of hydrogen-bond acceptors (Lipinski definition) is 4.